The third-order valence-corrected chi connectivity index (χ3v) is 5.38. The molecule has 0 radical (unpaired) electrons. The maximum absolute atomic E-state index is 13.7. The van der Waals surface area contributed by atoms with E-state index in [2.05, 4.69) is 24.1 Å². The standard InChI is InChI=1S/C22H27F3N2/c1-3-27(4-2)13-12-26-21-15-19(21)18-11-10-17(14-20(18)22(23,24)25)16-8-6-5-7-9-16/h5-11,14,19,21,26H,3-4,12-13,15H2,1-2H3. The van der Waals surface area contributed by atoms with E-state index in [1.807, 2.05) is 36.4 Å². The minimum Gasteiger partial charge on any atom is -0.312 e. The van der Waals surface area contributed by atoms with Crippen molar-refractivity contribution in [2.24, 2.45) is 0 Å². The normalized spacial score (nSPS) is 19.5. The quantitative estimate of drug-likeness (QED) is 0.685. The van der Waals surface area contributed by atoms with Gasteiger partial charge in [0.05, 0.1) is 5.56 Å². The lowest BCUT2D eigenvalue weighted by Gasteiger charge is -2.18. The van der Waals surface area contributed by atoms with Crippen LogP contribution in [0.4, 0.5) is 13.2 Å². The van der Waals surface area contributed by atoms with Crippen LogP contribution in [0.15, 0.2) is 48.5 Å². The van der Waals surface area contributed by atoms with Crippen LogP contribution in [0.2, 0.25) is 0 Å². The van der Waals surface area contributed by atoms with Crippen LogP contribution in [0.3, 0.4) is 0 Å². The van der Waals surface area contributed by atoms with Crippen molar-refractivity contribution in [3.8, 4) is 11.1 Å². The highest BCUT2D eigenvalue weighted by Gasteiger charge is 2.44. The van der Waals surface area contributed by atoms with Gasteiger partial charge < -0.3 is 10.2 Å². The van der Waals surface area contributed by atoms with Gasteiger partial charge in [0.1, 0.15) is 0 Å². The van der Waals surface area contributed by atoms with Crippen molar-refractivity contribution in [2.75, 3.05) is 26.2 Å². The second-order valence-electron chi connectivity index (χ2n) is 7.10. The summed E-state index contributed by atoms with van der Waals surface area (Å²) in [5, 5.41) is 3.42. The molecule has 0 aromatic heterocycles. The fourth-order valence-corrected chi connectivity index (χ4v) is 3.65. The number of alkyl halides is 3. The van der Waals surface area contributed by atoms with Crippen LogP contribution in [0, 0.1) is 0 Å². The first-order valence-electron chi connectivity index (χ1n) is 9.66. The van der Waals surface area contributed by atoms with Crippen molar-refractivity contribution in [1.82, 2.24) is 10.2 Å². The molecule has 1 N–H and O–H groups in total. The molecule has 2 aromatic carbocycles. The Bertz CT molecular complexity index is 739. The van der Waals surface area contributed by atoms with Gasteiger partial charge in [-0.05, 0) is 42.3 Å². The van der Waals surface area contributed by atoms with Gasteiger partial charge in [-0.1, -0.05) is 56.3 Å². The topological polar surface area (TPSA) is 15.3 Å². The van der Waals surface area contributed by atoms with Gasteiger partial charge in [-0.25, -0.2) is 0 Å². The summed E-state index contributed by atoms with van der Waals surface area (Å²) >= 11 is 0. The lowest BCUT2D eigenvalue weighted by atomic mass is 9.96. The summed E-state index contributed by atoms with van der Waals surface area (Å²) in [5.74, 6) is -0.0526. The summed E-state index contributed by atoms with van der Waals surface area (Å²) in [7, 11) is 0. The summed E-state index contributed by atoms with van der Waals surface area (Å²) in [6.07, 6.45) is -3.57. The lowest BCUT2D eigenvalue weighted by Crippen LogP contribution is -2.33. The minimum atomic E-state index is -4.34. The predicted molar refractivity (Wildman–Crippen MR) is 104 cm³/mol. The van der Waals surface area contributed by atoms with Crippen LogP contribution in [0.25, 0.3) is 11.1 Å². The predicted octanol–water partition coefficient (Wildman–Crippen LogP) is 5.16. The highest BCUT2D eigenvalue weighted by molar-refractivity contribution is 5.65. The second kappa shape index (κ2) is 8.44. The van der Waals surface area contributed by atoms with Gasteiger partial charge in [0, 0.05) is 25.0 Å². The Morgan fingerprint density at radius 2 is 1.70 bits per heavy atom. The fraction of sp³-hybridized carbons (Fsp3) is 0.455. The average Bonchev–Trinajstić information content (AvgIpc) is 3.44. The molecule has 0 bridgehead atoms. The van der Waals surface area contributed by atoms with Gasteiger partial charge in [0.15, 0.2) is 0 Å². The van der Waals surface area contributed by atoms with Crippen molar-refractivity contribution in [3.63, 3.8) is 0 Å². The number of hydrogen-bond donors (Lipinski definition) is 1. The molecule has 0 aliphatic heterocycles. The minimum absolute atomic E-state index is 0.0526. The second-order valence-corrected chi connectivity index (χ2v) is 7.10. The third kappa shape index (κ3) is 4.90. The molecule has 1 fully saturated rings. The maximum Gasteiger partial charge on any atom is 0.416 e. The number of rotatable bonds is 8. The van der Waals surface area contributed by atoms with Crippen LogP contribution in [0.1, 0.15) is 37.3 Å². The van der Waals surface area contributed by atoms with E-state index in [1.165, 1.54) is 6.07 Å². The van der Waals surface area contributed by atoms with Crippen LogP contribution in [0.5, 0.6) is 0 Å². The van der Waals surface area contributed by atoms with E-state index in [1.54, 1.807) is 6.07 Å². The Morgan fingerprint density at radius 3 is 2.33 bits per heavy atom. The number of halogens is 3. The summed E-state index contributed by atoms with van der Waals surface area (Å²) in [4.78, 5) is 2.31. The van der Waals surface area contributed by atoms with E-state index >= 15 is 0 Å². The molecular formula is C22H27F3N2. The molecule has 27 heavy (non-hydrogen) atoms. The zero-order valence-electron chi connectivity index (χ0n) is 15.9. The number of nitrogens with one attached hydrogen (secondary N) is 1. The fourth-order valence-electron chi connectivity index (χ4n) is 3.65. The molecule has 0 amide bonds. The SMILES string of the molecule is CCN(CC)CCNC1CC1c1ccc(-c2ccccc2)cc1C(F)(F)F. The summed E-state index contributed by atoms with van der Waals surface area (Å²) in [6, 6.07) is 14.1. The van der Waals surface area contributed by atoms with Crippen LogP contribution in [-0.4, -0.2) is 37.1 Å². The molecule has 5 heteroatoms. The van der Waals surface area contributed by atoms with Crippen molar-refractivity contribution in [3.05, 3.63) is 59.7 Å². The monoisotopic (exact) mass is 376 g/mol. The van der Waals surface area contributed by atoms with Gasteiger partial charge in [0.2, 0.25) is 0 Å². The van der Waals surface area contributed by atoms with Gasteiger partial charge in [0.25, 0.3) is 0 Å². The number of likely N-dealkylation sites (N-methyl/N-ethyl adjacent to an activating group) is 1. The molecule has 2 atom stereocenters. The molecule has 0 heterocycles. The van der Waals surface area contributed by atoms with E-state index in [9.17, 15) is 13.2 Å². The molecule has 0 spiro atoms. The highest BCUT2D eigenvalue weighted by atomic mass is 19.4. The zero-order valence-corrected chi connectivity index (χ0v) is 15.9. The Hall–Kier alpha value is -1.85. The molecule has 2 nitrogen and oxygen atoms in total. The van der Waals surface area contributed by atoms with Crippen LogP contribution < -0.4 is 5.32 Å². The molecule has 1 aliphatic rings. The van der Waals surface area contributed by atoms with Crippen molar-refractivity contribution >= 4 is 0 Å². The Labute approximate surface area is 159 Å². The van der Waals surface area contributed by atoms with Crippen molar-refractivity contribution in [2.45, 2.75) is 38.4 Å². The first-order chi connectivity index (χ1) is 12.9. The summed E-state index contributed by atoms with van der Waals surface area (Å²) < 4.78 is 41.0. The number of benzene rings is 2. The zero-order chi connectivity index (χ0) is 19.4. The lowest BCUT2D eigenvalue weighted by molar-refractivity contribution is -0.138. The van der Waals surface area contributed by atoms with E-state index in [0.29, 0.717) is 11.1 Å². The first kappa shape index (κ1) is 19.9. The van der Waals surface area contributed by atoms with Crippen molar-refractivity contribution in [1.29, 1.82) is 0 Å². The molecule has 1 saturated carbocycles. The van der Waals surface area contributed by atoms with Crippen LogP contribution in [-0.2, 0) is 6.18 Å². The number of nitrogens with zero attached hydrogens (tertiary/aromatic N) is 1. The average molecular weight is 376 g/mol. The third-order valence-electron chi connectivity index (χ3n) is 5.38. The molecule has 0 saturated heterocycles. The van der Waals surface area contributed by atoms with Gasteiger partial charge >= 0.3 is 6.18 Å². The Kier molecular flexibility index (Phi) is 6.22. The molecule has 2 aromatic rings. The van der Waals surface area contributed by atoms with Gasteiger partial charge in [-0.3, -0.25) is 0 Å². The van der Waals surface area contributed by atoms with Gasteiger partial charge in [-0.15, -0.1) is 0 Å². The maximum atomic E-state index is 13.7. The van der Waals surface area contributed by atoms with E-state index in [4.69, 9.17) is 0 Å². The summed E-state index contributed by atoms with van der Waals surface area (Å²) in [5.41, 5.74) is 1.34. The van der Waals surface area contributed by atoms with E-state index < -0.39 is 11.7 Å². The largest absolute Gasteiger partial charge is 0.416 e. The Balaban J connectivity index is 1.73. The molecule has 2 unspecified atom stereocenters. The van der Waals surface area contributed by atoms with Gasteiger partial charge in [-0.2, -0.15) is 13.2 Å². The number of hydrogen-bond acceptors (Lipinski definition) is 2. The summed E-state index contributed by atoms with van der Waals surface area (Å²) in [6.45, 7) is 7.96. The Morgan fingerprint density at radius 1 is 1.00 bits per heavy atom. The highest BCUT2D eigenvalue weighted by Crippen LogP contribution is 2.47. The molecule has 146 valence electrons. The smallest absolute Gasteiger partial charge is 0.312 e. The molecule has 3 rings (SSSR count). The first-order valence-corrected chi connectivity index (χ1v) is 9.66. The van der Waals surface area contributed by atoms with Crippen molar-refractivity contribution < 1.29 is 13.2 Å². The van der Waals surface area contributed by atoms with E-state index in [-0.39, 0.29) is 12.0 Å². The van der Waals surface area contributed by atoms with E-state index in [0.717, 1.165) is 38.2 Å². The molecular weight excluding hydrogens is 349 g/mol. The molecule has 1 aliphatic carbocycles. The van der Waals surface area contributed by atoms with Crippen LogP contribution >= 0.6 is 0 Å².